The van der Waals surface area contributed by atoms with Gasteiger partial charge in [-0.3, -0.25) is 4.79 Å². The molecule has 4 nitrogen and oxygen atoms in total. The van der Waals surface area contributed by atoms with Gasteiger partial charge in [-0.1, -0.05) is 32.8 Å². The lowest BCUT2D eigenvalue weighted by atomic mass is 9.89. The highest BCUT2D eigenvalue weighted by atomic mass is 16.5. The van der Waals surface area contributed by atoms with Gasteiger partial charge < -0.3 is 15.4 Å². The second-order valence-electron chi connectivity index (χ2n) is 5.67. The number of rotatable bonds is 5. The highest BCUT2D eigenvalue weighted by molar-refractivity contribution is 5.99. The molecule has 1 amide bonds. The summed E-state index contributed by atoms with van der Waals surface area (Å²) in [6.45, 7) is 8.74. The summed E-state index contributed by atoms with van der Waals surface area (Å²) in [5, 5.41) is 0. The normalized spacial score (nSPS) is 19.4. The number of likely N-dealkylation sites (N-methyl/N-ethyl adjacent to an activating group) is 1. The number of carbonyl (C=O) groups excluding carboxylic acids is 1. The summed E-state index contributed by atoms with van der Waals surface area (Å²) >= 11 is 0. The summed E-state index contributed by atoms with van der Waals surface area (Å²) in [6, 6.07) is 5.99. The zero-order chi connectivity index (χ0) is 15.6. The molecule has 1 aromatic carbocycles. The van der Waals surface area contributed by atoms with E-state index >= 15 is 0 Å². The van der Waals surface area contributed by atoms with Crippen LogP contribution in [-0.4, -0.2) is 18.6 Å². The first-order valence-corrected chi connectivity index (χ1v) is 7.90. The van der Waals surface area contributed by atoms with Crippen LogP contribution in [-0.2, 0) is 4.79 Å². The van der Waals surface area contributed by atoms with Crippen LogP contribution in [0.4, 0.5) is 5.69 Å². The maximum absolute atomic E-state index is 12.2. The van der Waals surface area contributed by atoms with Crippen molar-refractivity contribution >= 4 is 11.6 Å². The Morgan fingerprint density at radius 1 is 1.29 bits per heavy atom. The molecule has 2 unspecified atom stereocenters. The van der Waals surface area contributed by atoms with Gasteiger partial charge in [0.25, 0.3) is 5.91 Å². The molecule has 4 heteroatoms. The van der Waals surface area contributed by atoms with Crippen molar-refractivity contribution in [2.75, 3.05) is 11.4 Å². The van der Waals surface area contributed by atoms with Crippen LogP contribution in [0.1, 0.15) is 52.1 Å². The van der Waals surface area contributed by atoms with Crippen LogP contribution in [0.25, 0.3) is 0 Å². The van der Waals surface area contributed by atoms with Gasteiger partial charge in [0.05, 0.1) is 5.69 Å². The molecule has 2 rings (SSSR count). The van der Waals surface area contributed by atoms with E-state index in [2.05, 4.69) is 13.8 Å². The summed E-state index contributed by atoms with van der Waals surface area (Å²) in [5.74, 6) is 1.24. The topological polar surface area (TPSA) is 55.6 Å². The Morgan fingerprint density at radius 3 is 2.52 bits per heavy atom. The average molecular weight is 290 g/mol. The lowest BCUT2D eigenvalue weighted by Gasteiger charge is -2.33. The van der Waals surface area contributed by atoms with Crippen molar-refractivity contribution in [3.63, 3.8) is 0 Å². The predicted octanol–water partition coefficient (Wildman–Crippen LogP) is 3.26. The van der Waals surface area contributed by atoms with E-state index in [1.165, 1.54) is 0 Å². The van der Waals surface area contributed by atoms with Gasteiger partial charge in [0.15, 0.2) is 6.10 Å². The minimum absolute atomic E-state index is 0.00143. The Kier molecular flexibility index (Phi) is 4.88. The second-order valence-corrected chi connectivity index (χ2v) is 5.67. The number of amides is 1. The summed E-state index contributed by atoms with van der Waals surface area (Å²) in [4.78, 5) is 14.0. The number of ether oxygens (including phenoxy) is 1. The largest absolute Gasteiger partial charge is 0.479 e. The van der Waals surface area contributed by atoms with E-state index in [-0.39, 0.29) is 11.9 Å². The number of nitrogens with two attached hydrogens (primary N) is 1. The van der Waals surface area contributed by atoms with Crippen molar-refractivity contribution in [2.45, 2.75) is 52.7 Å². The van der Waals surface area contributed by atoms with Gasteiger partial charge in [0, 0.05) is 12.6 Å². The molecule has 116 valence electrons. The van der Waals surface area contributed by atoms with Crippen molar-refractivity contribution in [1.29, 1.82) is 0 Å². The Labute approximate surface area is 127 Å². The zero-order valence-electron chi connectivity index (χ0n) is 13.4. The van der Waals surface area contributed by atoms with Gasteiger partial charge in [-0.25, -0.2) is 0 Å². The molecule has 1 heterocycles. The first-order chi connectivity index (χ1) is 10.0. The molecule has 2 N–H and O–H groups in total. The fraction of sp³-hybridized carbons (Fsp3) is 0.588. The van der Waals surface area contributed by atoms with Crippen molar-refractivity contribution in [1.82, 2.24) is 0 Å². The van der Waals surface area contributed by atoms with E-state index in [4.69, 9.17) is 10.5 Å². The van der Waals surface area contributed by atoms with Gasteiger partial charge in [-0.2, -0.15) is 0 Å². The number of carbonyl (C=O) groups is 1. The van der Waals surface area contributed by atoms with Gasteiger partial charge >= 0.3 is 0 Å². The fourth-order valence-electron chi connectivity index (χ4n) is 3.03. The minimum Gasteiger partial charge on any atom is -0.479 e. The predicted molar refractivity (Wildman–Crippen MR) is 85.6 cm³/mol. The number of hydrogen-bond donors (Lipinski definition) is 1. The molecular weight excluding hydrogens is 264 g/mol. The highest BCUT2D eigenvalue weighted by Gasteiger charge is 2.31. The Balaban J connectivity index is 2.38. The minimum atomic E-state index is -0.420. The van der Waals surface area contributed by atoms with Crippen LogP contribution in [0, 0.1) is 5.92 Å². The fourth-order valence-corrected chi connectivity index (χ4v) is 3.03. The first kappa shape index (κ1) is 15.8. The lowest BCUT2D eigenvalue weighted by Crippen LogP contribution is -2.44. The molecule has 0 radical (unpaired) electrons. The Morgan fingerprint density at radius 2 is 1.95 bits per heavy atom. The van der Waals surface area contributed by atoms with Crippen molar-refractivity contribution in [3.05, 3.63) is 23.8 Å². The van der Waals surface area contributed by atoms with Crippen LogP contribution < -0.4 is 15.4 Å². The molecule has 0 aliphatic carbocycles. The first-order valence-electron chi connectivity index (χ1n) is 7.90. The van der Waals surface area contributed by atoms with Crippen molar-refractivity contribution in [3.8, 4) is 5.75 Å². The smallest absolute Gasteiger partial charge is 0.267 e. The van der Waals surface area contributed by atoms with Crippen LogP contribution in [0.3, 0.4) is 0 Å². The lowest BCUT2D eigenvalue weighted by molar-refractivity contribution is -0.125. The highest BCUT2D eigenvalue weighted by Crippen LogP contribution is 2.37. The molecular formula is C17H26N2O2. The Hall–Kier alpha value is -1.55. The maximum Gasteiger partial charge on any atom is 0.267 e. The van der Waals surface area contributed by atoms with Crippen molar-refractivity contribution < 1.29 is 9.53 Å². The van der Waals surface area contributed by atoms with E-state index in [9.17, 15) is 4.79 Å². The van der Waals surface area contributed by atoms with E-state index in [1.807, 2.05) is 25.1 Å². The summed E-state index contributed by atoms with van der Waals surface area (Å²) in [7, 11) is 0. The SMILES string of the molecule is CCC(CC)C(N)c1ccc2c(c1)N(CC)C(=O)C(C)O2. The molecule has 0 saturated carbocycles. The summed E-state index contributed by atoms with van der Waals surface area (Å²) in [6.07, 6.45) is 1.69. The van der Waals surface area contributed by atoms with E-state index in [0.717, 1.165) is 29.8 Å². The van der Waals surface area contributed by atoms with Gasteiger partial charge in [0.2, 0.25) is 0 Å². The molecule has 0 spiro atoms. The summed E-state index contributed by atoms with van der Waals surface area (Å²) in [5.41, 5.74) is 8.32. The van der Waals surface area contributed by atoms with Crippen LogP contribution in [0.2, 0.25) is 0 Å². The summed E-state index contributed by atoms with van der Waals surface area (Å²) < 4.78 is 5.69. The van der Waals surface area contributed by atoms with Gasteiger partial charge in [0.1, 0.15) is 5.75 Å². The van der Waals surface area contributed by atoms with E-state index < -0.39 is 6.10 Å². The third-order valence-electron chi connectivity index (χ3n) is 4.45. The molecule has 0 aromatic heterocycles. The van der Waals surface area contributed by atoms with Gasteiger partial charge in [-0.15, -0.1) is 0 Å². The number of nitrogens with zero attached hydrogens (tertiary/aromatic N) is 1. The average Bonchev–Trinajstić information content (AvgIpc) is 2.49. The molecule has 1 aliphatic rings. The maximum atomic E-state index is 12.2. The number of benzene rings is 1. The molecule has 1 aromatic rings. The van der Waals surface area contributed by atoms with Crippen LogP contribution in [0.5, 0.6) is 5.75 Å². The number of hydrogen-bond acceptors (Lipinski definition) is 3. The molecule has 2 atom stereocenters. The quantitative estimate of drug-likeness (QED) is 0.905. The van der Waals surface area contributed by atoms with Crippen molar-refractivity contribution in [2.24, 2.45) is 11.7 Å². The second kappa shape index (κ2) is 6.48. The molecule has 0 saturated heterocycles. The number of fused-ring (bicyclic) bond motifs is 1. The third-order valence-corrected chi connectivity index (χ3v) is 4.45. The van der Waals surface area contributed by atoms with Gasteiger partial charge in [-0.05, 0) is 37.5 Å². The Bertz CT molecular complexity index is 512. The van der Waals surface area contributed by atoms with Crippen LogP contribution >= 0.6 is 0 Å². The van der Waals surface area contributed by atoms with E-state index in [0.29, 0.717) is 12.5 Å². The monoisotopic (exact) mass is 290 g/mol. The van der Waals surface area contributed by atoms with E-state index in [1.54, 1.807) is 11.8 Å². The van der Waals surface area contributed by atoms with Crippen LogP contribution in [0.15, 0.2) is 18.2 Å². The molecule has 21 heavy (non-hydrogen) atoms. The zero-order valence-corrected chi connectivity index (χ0v) is 13.4. The molecule has 0 fully saturated rings. The standard InChI is InChI=1S/C17H26N2O2/c1-5-12(6-2)16(18)13-8-9-15-14(10-13)19(7-3)17(20)11(4)21-15/h8-12,16H,5-7,18H2,1-4H3. The third kappa shape index (κ3) is 2.91. The molecule has 1 aliphatic heterocycles. The number of anilines is 1. The molecule has 0 bridgehead atoms.